The summed E-state index contributed by atoms with van der Waals surface area (Å²) in [5.74, 6) is 0.0299. The van der Waals surface area contributed by atoms with Crippen LogP contribution in [0.1, 0.15) is 30.9 Å². The minimum Gasteiger partial charge on any atom is -0.321 e. The number of hydrogen-bond acceptors (Lipinski definition) is 3. The molecule has 1 atom stereocenters. The van der Waals surface area contributed by atoms with E-state index < -0.39 is 17.9 Å². The Balaban J connectivity index is 3.01. The van der Waals surface area contributed by atoms with Gasteiger partial charge in [-0.05, 0) is 12.5 Å². The van der Waals surface area contributed by atoms with Crippen LogP contribution in [-0.4, -0.2) is 9.97 Å². The first-order valence-electron chi connectivity index (χ1n) is 4.11. The molecule has 0 radical (unpaired) electrons. The molecule has 0 fully saturated rings. The highest BCUT2D eigenvalue weighted by Crippen LogP contribution is 2.27. The van der Waals surface area contributed by atoms with Crippen molar-refractivity contribution in [2.24, 2.45) is 5.73 Å². The fraction of sp³-hybridized carbons (Fsp3) is 0.500. The summed E-state index contributed by atoms with van der Waals surface area (Å²) in [5.41, 5.74) is 4.56. The Labute approximate surface area is 79.2 Å². The van der Waals surface area contributed by atoms with E-state index in [2.05, 4.69) is 9.97 Å². The van der Waals surface area contributed by atoms with Crippen molar-refractivity contribution in [3.8, 4) is 0 Å². The molecular formula is C8H10F3N3. The molecule has 1 unspecified atom stereocenters. The van der Waals surface area contributed by atoms with Crippen molar-refractivity contribution in [1.82, 2.24) is 9.97 Å². The Morgan fingerprint density at radius 2 is 2.14 bits per heavy atom. The molecule has 78 valence electrons. The van der Waals surface area contributed by atoms with Gasteiger partial charge in [-0.2, -0.15) is 13.2 Å². The maximum atomic E-state index is 12.2. The van der Waals surface area contributed by atoms with Crippen molar-refractivity contribution in [3.05, 3.63) is 23.8 Å². The molecule has 0 aromatic carbocycles. The number of alkyl halides is 3. The van der Waals surface area contributed by atoms with Gasteiger partial charge in [-0.25, -0.2) is 9.97 Å². The first-order valence-corrected chi connectivity index (χ1v) is 4.11. The summed E-state index contributed by atoms with van der Waals surface area (Å²) in [5, 5.41) is 0. The van der Waals surface area contributed by atoms with Crippen LogP contribution in [0.2, 0.25) is 0 Å². The summed E-state index contributed by atoms with van der Waals surface area (Å²) in [6.45, 7) is 1.76. The van der Waals surface area contributed by atoms with Crippen LogP contribution in [0.5, 0.6) is 0 Å². The normalized spacial score (nSPS) is 14.1. The number of aromatic nitrogens is 2. The summed E-state index contributed by atoms with van der Waals surface area (Å²) >= 11 is 0. The number of nitrogens with zero attached hydrogens (tertiary/aromatic N) is 2. The molecule has 0 saturated carbocycles. The minimum absolute atomic E-state index is 0.0299. The lowest BCUT2D eigenvalue weighted by atomic mass is 10.2. The van der Waals surface area contributed by atoms with Gasteiger partial charge in [-0.3, -0.25) is 0 Å². The molecule has 0 amide bonds. The van der Waals surface area contributed by atoms with E-state index in [4.69, 9.17) is 5.73 Å². The van der Waals surface area contributed by atoms with Crippen LogP contribution in [-0.2, 0) is 6.18 Å². The molecule has 1 aromatic rings. The third-order valence-electron chi connectivity index (χ3n) is 1.74. The van der Waals surface area contributed by atoms with E-state index in [0.29, 0.717) is 6.42 Å². The van der Waals surface area contributed by atoms with Gasteiger partial charge < -0.3 is 5.73 Å². The van der Waals surface area contributed by atoms with E-state index in [9.17, 15) is 13.2 Å². The Morgan fingerprint density at radius 3 is 2.64 bits per heavy atom. The predicted octanol–water partition coefficient (Wildman–Crippen LogP) is 1.91. The molecule has 0 aliphatic rings. The third kappa shape index (κ3) is 2.41. The second-order valence-corrected chi connectivity index (χ2v) is 2.81. The average Bonchev–Trinajstić information content (AvgIpc) is 2.15. The second-order valence-electron chi connectivity index (χ2n) is 2.81. The van der Waals surface area contributed by atoms with Crippen LogP contribution in [0.4, 0.5) is 13.2 Å². The van der Waals surface area contributed by atoms with Crippen molar-refractivity contribution in [2.45, 2.75) is 25.6 Å². The molecule has 3 nitrogen and oxygen atoms in total. The second kappa shape index (κ2) is 3.91. The van der Waals surface area contributed by atoms with E-state index in [1.54, 1.807) is 6.92 Å². The molecule has 2 N–H and O–H groups in total. The predicted molar refractivity (Wildman–Crippen MR) is 44.3 cm³/mol. The summed E-state index contributed by atoms with van der Waals surface area (Å²) in [6, 6.07) is 0.281. The maximum Gasteiger partial charge on any atom is 0.433 e. The van der Waals surface area contributed by atoms with Gasteiger partial charge in [0.25, 0.3) is 0 Å². The summed E-state index contributed by atoms with van der Waals surface area (Å²) in [7, 11) is 0. The molecule has 1 rings (SSSR count). The lowest BCUT2D eigenvalue weighted by molar-refractivity contribution is -0.141. The largest absolute Gasteiger partial charge is 0.433 e. The van der Waals surface area contributed by atoms with E-state index >= 15 is 0 Å². The summed E-state index contributed by atoms with van der Waals surface area (Å²) in [6.07, 6.45) is -2.87. The SMILES string of the molecule is CCC(N)c1nccc(C(F)(F)F)n1. The first-order chi connectivity index (χ1) is 6.45. The molecule has 14 heavy (non-hydrogen) atoms. The zero-order chi connectivity index (χ0) is 10.8. The Morgan fingerprint density at radius 1 is 1.50 bits per heavy atom. The fourth-order valence-corrected chi connectivity index (χ4v) is 0.893. The summed E-state index contributed by atoms with van der Waals surface area (Å²) in [4.78, 5) is 7.04. The lowest BCUT2D eigenvalue weighted by Gasteiger charge is -2.10. The van der Waals surface area contributed by atoms with Crippen LogP contribution in [0.3, 0.4) is 0 Å². The minimum atomic E-state index is -4.44. The standard InChI is InChI=1S/C8H10F3N3/c1-2-5(12)7-13-4-3-6(14-7)8(9,10)11/h3-5H,2,12H2,1H3. The van der Waals surface area contributed by atoms with Gasteiger partial charge in [0.05, 0.1) is 6.04 Å². The molecule has 0 bridgehead atoms. The van der Waals surface area contributed by atoms with Crippen LogP contribution < -0.4 is 5.73 Å². The molecule has 0 spiro atoms. The molecule has 0 aliphatic heterocycles. The number of nitrogens with two attached hydrogens (primary N) is 1. The lowest BCUT2D eigenvalue weighted by Crippen LogP contribution is -2.16. The van der Waals surface area contributed by atoms with E-state index in [1.807, 2.05) is 0 Å². The molecule has 1 aromatic heterocycles. The van der Waals surface area contributed by atoms with Crippen molar-refractivity contribution in [1.29, 1.82) is 0 Å². The van der Waals surface area contributed by atoms with Gasteiger partial charge in [0.1, 0.15) is 11.5 Å². The highest BCUT2D eigenvalue weighted by atomic mass is 19.4. The highest BCUT2D eigenvalue weighted by molar-refractivity contribution is 5.07. The monoisotopic (exact) mass is 205 g/mol. The van der Waals surface area contributed by atoms with Gasteiger partial charge >= 0.3 is 6.18 Å². The fourth-order valence-electron chi connectivity index (χ4n) is 0.893. The molecule has 0 saturated heterocycles. The first kappa shape index (κ1) is 10.9. The van der Waals surface area contributed by atoms with Crippen LogP contribution in [0.15, 0.2) is 12.3 Å². The number of rotatable bonds is 2. The van der Waals surface area contributed by atoms with Crippen LogP contribution in [0.25, 0.3) is 0 Å². The van der Waals surface area contributed by atoms with Gasteiger partial charge in [-0.15, -0.1) is 0 Å². The zero-order valence-electron chi connectivity index (χ0n) is 7.54. The molecule has 6 heteroatoms. The Hall–Kier alpha value is -1.17. The topological polar surface area (TPSA) is 51.8 Å². The van der Waals surface area contributed by atoms with Crippen molar-refractivity contribution >= 4 is 0 Å². The third-order valence-corrected chi connectivity index (χ3v) is 1.74. The zero-order valence-corrected chi connectivity index (χ0v) is 7.54. The van der Waals surface area contributed by atoms with Gasteiger partial charge in [0.15, 0.2) is 0 Å². The van der Waals surface area contributed by atoms with Crippen LogP contribution in [0, 0.1) is 0 Å². The smallest absolute Gasteiger partial charge is 0.321 e. The van der Waals surface area contributed by atoms with Crippen molar-refractivity contribution in [2.75, 3.05) is 0 Å². The number of hydrogen-bond donors (Lipinski definition) is 1. The molecule has 0 aliphatic carbocycles. The highest BCUT2D eigenvalue weighted by Gasteiger charge is 2.33. The van der Waals surface area contributed by atoms with Gasteiger partial charge in [-0.1, -0.05) is 6.92 Å². The van der Waals surface area contributed by atoms with E-state index in [-0.39, 0.29) is 5.82 Å². The van der Waals surface area contributed by atoms with E-state index in [1.165, 1.54) is 0 Å². The van der Waals surface area contributed by atoms with Crippen molar-refractivity contribution in [3.63, 3.8) is 0 Å². The molecule has 1 heterocycles. The maximum absolute atomic E-state index is 12.2. The van der Waals surface area contributed by atoms with Gasteiger partial charge in [0.2, 0.25) is 0 Å². The van der Waals surface area contributed by atoms with Gasteiger partial charge in [0, 0.05) is 6.20 Å². The molecular weight excluding hydrogens is 195 g/mol. The van der Waals surface area contributed by atoms with Crippen molar-refractivity contribution < 1.29 is 13.2 Å². The quantitative estimate of drug-likeness (QED) is 0.802. The number of halogens is 3. The average molecular weight is 205 g/mol. The Bertz CT molecular complexity index is 311. The van der Waals surface area contributed by atoms with E-state index in [0.717, 1.165) is 12.3 Å². The Kier molecular flexibility index (Phi) is 3.05. The summed E-state index contributed by atoms with van der Waals surface area (Å²) < 4.78 is 36.6. The van der Waals surface area contributed by atoms with Crippen LogP contribution >= 0.6 is 0 Å².